The van der Waals surface area contributed by atoms with Gasteiger partial charge in [0.2, 0.25) is 5.91 Å². The molecule has 2 amide bonds. The van der Waals surface area contributed by atoms with Crippen LogP contribution >= 0.6 is 36.4 Å². The summed E-state index contributed by atoms with van der Waals surface area (Å²) >= 11 is 6.45. The summed E-state index contributed by atoms with van der Waals surface area (Å²) in [6.07, 6.45) is 1.82. The van der Waals surface area contributed by atoms with E-state index in [9.17, 15) is 9.59 Å². The Morgan fingerprint density at radius 1 is 0.975 bits per heavy atom. The van der Waals surface area contributed by atoms with Crippen LogP contribution in [0.1, 0.15) is 22.8 Å². The molecule has 1 aliphatic heterocycles. The summed E-state index contributed by atoms with van der Waals surface area (Å²) in [6, 6.07) is 19.4. The highest BCUT2D eigenvalue weighted by atomic mass is 35.5. The summed E-state index contributed by atoms with van der Waals surface area (Å²) in [5, 5.41) is 12.7. The van der Waals surface area contributed by atoms with Crippen molar-refractivity contribution in [2.24, 2.45) is 0 Å². The summed E-state index contributed by atoms with van der Waals surface area (Å²) in [5.41, 5.74) is 5.13. The van der Waals surface area contributed by atoms with Gasteiger partial charge in [-0.25, -0.2) is 4.68 Å². The van der Waals surface area contributed by atoms with E-state index in [2.05, 4.69) is 20.6 Å². The quantitative estimate of drug-likeness (QED) is 0.293. The van der Waals surface area contributed by atoms with Crippen LogP contribution in [0.2, 0.25) is 5.02 Å². The van der Waals surface area contributed by atoms with Crippen molar-refractivity contribution in [3.63, 3.8) is 0 Å². The Bertz CT molecular complexity index is 1480. The third-order valence-electron chi connectivity index (χ3n) is 6.92. The van der Waals surface area contributed by atoms with Gasteiger partial charge in [0.05, 0.1) is 28.1 Å². The summed E-state index contributed by atoms with van der Waals surface area (Å²) in [6.45, 7) is 8.01. The first-order valence-corrected chi connectivity index (χ1v) is 13.1. The zero-order valence-electron chi connectivity index (χ0n) is 22.4. The van der Waals surface area contributed by atoms with Crippen molar-refractivity contribution < 1.29 is 9.59 Å². The van der Waals surface area contributed by atoms with Crippen LogP contribution < -0.4 is 10.6 Å². The average Bonchev–Trinajstić information content (AvgIpc) is 3.35. The second kappa shape index (κ2) is 13.9. The van der Waals surface area contributed by atoms with E-state index < -0.39 is 0 Å². The lowest BCUT2D eigenvalue weighted by Crippen LogP contribution is -2.49. The Balaban J connectivity index is 0.00000220. The van der Waals surface area contributed by atoms with E-state index in [0.29, 0.717) is 17.1 Å². The standard InChI is InChI=1S/C29H31ClN6O2.2ClH/c1-20-5-3-8-26(28(20)30)33-24-9-10-27-23(17-24)19-32-36(27)25-7-4-6-22(18-25)29(38)31-11-12-34-13-15-35(16-14-34)21(2)37;;/h3-10,17-19,33H,11-16H2,1-2H3,(H,31,38);2*1H. The number of hydrogen-bond donors (Lipinski definition) is 2. The molecule has 0 radical (unpaired) electrons. The predicted octanol–water partition coefficient (Wildman–Crippen LogP) is 5.47. The van der Waals surface area contributed by atoms with Gasteiger partial charge in [-0.15, -0.1) is 24.8 Å². The predicted molar refractivity (Wildman–Crippen MR) is 166 cm³/mol. The summed E-state index contributed by atoms with van der Waals surface area (Å²) < 4.78 is 1.84. The van der Waals surface area contributed by atoms with Crippen LogP contribution in [0.25, 0.3) is 16.6 Å². The number of carbonyl (C=O) groups is 2. The van der Waals surface area contributed by atoms with Crippen LogP contribution in [0.4, 0.5) is 11.4 Å². The van der Waals surface area contributed by atoms with Gasteiger partial charge in [-0.2, -0.15) is 5.10 Å². The summed E-state index contributed by atoms with van der Waals surface area (Å²) in [4.78, 5) is 28.5. The molecule has 2 N–H and O–H groups in total. The maximum atomic E-state index is 12.9. The van der Waals surface area contributed by atoms with Gasteiger partial charge in [-0.1, -0.05) is 29.8 Å². The van der Waals surface area contributed by atoms with Crippen LogP contribution in [-0.4, -0.2) is 70.7 Å². The Hall–Kier alpha value is -3.30. The molecule has 0 aliphatic carbocycles. The number of piperazine rings is 1. The van der Waals surface area contributed by atoms with E-state index in [-0.39, 0.29) is 36.6 Å². The van der Waals surface area contributed by atoms with Crippen molar-refractivity contribution >= 4 is 70.5 Å². The number of hydrogen-bond acceptors (Lipinski definition) is 5. The highest BCUT2D eigenvalue weighted by Crippen LogP contribution is 2.30. The topological polar surface area (TPSA) is 82.5 Å². The molecule has 1 aliphatic rings. The molecular weight excluding hydrogens is 571 g/mol. The van der Waals surface area contributed by atoms with Crippen molar-refractivity contribution in [1.29, 1.82) is 0 Å². The number of aromatic nitrogens is 2. The highest BCUT2D eigenvalue weighted by Gasteiger charge is 2.18. The molecule has 2 heterocycles. The lowest BCUT2D eigenvalue weighted by Gasteiger charge is -2.34. The Kier molecular flexibility index (Phi) is 10.8. The molecule has 3 aromatic carbocycles. The molecule has 4 aromatic rings. The number of aryl methyl sites for hydroxylation is 1. The fourth-order valence-electron chi connectivity index (χ4n) is 4.71. The zero-order chi connectivity index (χ0) is 26.6. The Morgan fingerprint density at radius 3 is 2.48 bits per heavy atom. The first kappa shape index (κ1) is 31.2. The molecule has 1 aromatic heterocycles. The number of fused-ring (bicyclic) bond motifs is 1. The SMILES string of the molecule is CC(=O)N1CCN(CCNC(=O)c2cccc(-n3ncc4cc(Nc5cccc(C)c5Cl)ccc43)c2)CC1.Cl.Cl. The van der Waals surface area contributed by atoms with Gasteiger partial charge in [0, 0.05) is 62.8 Å². The lowest BCUT2D eigenvalue weighted by molar-refractivity contribution is -0.130. The lowest BCUT2D eigenvalue weighted by atomic mass is 10.1. The number of nitrogens with one attached hydrogen (secondary N) is 2. The molecule has 0 saturated carbocycles. The number of nitrogens with zero attached hydrogens (tertiary/aromatic N) is 4. The Morgan fingerprint density at radius 2 is 1.73 bits per heavy atom. The van der Waals surface area contributed by atoms with Crippen LogP contribution in [0.5, 0.6) is 0 Å². The molecule has 8 nitrogen and oxygen atoms in total. The van der Waals surface area contributed by atoms with Gasteiger partial charge in [0.1, 0.15) is 0 Å². The minimum absolute atomic E-state index is 0. The monoisotopic (exact) mass is 602 g/mol. The number of amides is 2. The molecule has 0 unspecified atom stereocenters. The smallest absolute Gasteiger partial charge is 0.251 e. The van der Waals surface area contributed by atoms with E-state index in [1.165, 1.54) is 0 Å². The molecule has 5 rings (SSSR count). The fourth-order valence-corrected chi connectivity index (χ4v) is 4.88. The van der Waals surface area contributed by atoms with Gasteiger partial charge >= 0.3 is 0 Å². The van der Waals surface area contributed by atoms with E-state index in [0.717, 1.165) is 66.3 Å². The van der Waals surface area contributed by atoms with E-state index in [1.54, 1.807) is 6.92 Å². The van der Waals surface area contributed by atoms with E-state index >= 15 is 0 Å². The summed E-state index contributed by atoms with van der Waals surface area (Å²) in [7, 11) is 0. The van der Waals surface area contributed by atoms with Crippen LogP contribution in [0.15, 0.2) is 66.9 Å². The van der Waals surface area contributed by atoms with Crippen LogP contribution in [0.3, 0.4) is 0 Å². The maximum Gasteiger partial charge on any atom is 0.251 e. The third kappa shape index (κ3) is 7.06. The van der Waals surface area contributed by atoms with Crippen LogP contribution in [-0.2, 0) is 4.79 Å². The normalized spacial score (nSPS) is 13.3. The number of carbonyl (C=O) groups excluding carboxylic acids is 2. The van der Waals surface area contributed by atoms with Gasteiger partial charge in [0.15, 0.2) is 0 Å². The first-order valence-electron chi connectivity index (χ1n) is 12.8. The van der Waals surface area contributed by atoms with Crippen molar-refractivity contribution in [3.05, 3.63) is 83.0 Å². The van der Waals surface area contributed by atoms with Crippen molar-refractivity contribution in [3.8, 4) is 5.69 Å². The summed E-state index contributed by atoms with van der Waals surface area (Å²) in [5.74, 6) is -0.000671. The molecular formula is C29H33Cl3N6O2. The van der Waals surface area contributed by atoms with Crippen LogP contribution in [0, 0.1) is 6.92 Å². The van der Waals surface area contributed by atoms with E-state index in [1.807, 2.05) is 83.4 Å². The molecule has 40 heavy (non-hydrogen) atoms. The number of anilines is 2. The maximum absolute atomic E-state index is 12.9. The molecule has 0 spiro atoms. The molecule has 1 fully saturated rings. The van der Waals surface area contributed by atoms with Gasteiger partial charge < -0.3 is 15.5 Å². The molecule has 212 valence electrons. The number of benzene rings is 3. The number of halogens is 3. The minimum Gasteiger partial charge on any atom is -0.354 e. The van der Waals surface area contributed by atoms with Gasteiger partial charge in [0.25, 0.3) is 5.91 Å². The van der Waals surface area contributed by atoms with E-state index in [4.69, 9.17) is 11.6 Å². The first-order chi connectivity index (χ1) is 18.4. The minimum atomic E-state index is -0.118. The van der Waals surface area contributed by atoms with Gasteiger partial charge in [-0.05, 0) is 55.0 Å². The molecule has 1 saturated heterocycles. The fraction of sp³-hybridized carbons (Fsp3) is 0.276. The van der Waals surface area contributed by atoms with Crippen molar-refractivity contribution in [1.82, 2.24) is 24.9 Å². The highest BCUT2D eigenvalue weighted by molar-refractivity contribution is 6.34. The molecule has 0 atom stereocenters. The number of rotatable bonds is 7. The zero-order valence-corrected chi connectivity index (χ0v) is 24.8. The Labute approximate surface area is 251 Å². The second-order valence-corrected chi connectivity index (χ2v) is 9.92. The van der Waals surface area contributed by atoms with Crippen molar-refractivity contribution in [2.75, 3.05) is 44.6 Å². The molecule has 11 heteroatoms. The average molecular weight is 604 g/mol. The molecule has 0 bridgehead atoms. The van der Waals surface area contributed by atoms with Gasteiger partial charge in [-0.3, -0.25) is 14.5 Å². The largest absolute Gasteiger partial charge is 0.354 e. The van der Waals surface area contributed by atoms with Crippen molar-refractivity contribution in [2.45, 2.75) is 13.8 Å². The second-order valence-electron chi connectivity index (χ2n) is 9.55. The third-order valence-corrected chi connectivity index (χ3v) is 7.42.